The van der Waals surface area contributed by atoms with Crippen molar-refractivity contribution in [2.24, 2.45) is 0 Å². The second kappa shape index (κ2) is 6.49. The van der Waals surface area contributed by atoms with Crippen LogP contribution in [0.15, 0.2) is 59.6 Å². The van der Waals surface area contributed by atoms with E-state index >= 15 is 0 Å². The molecule has 1 N–H and O–H groups in total. The van der Waals surface area contributed by atoms with E-state index in [4.69, 9.17) is 0 Å². The zero-order valence-corrected chi connectivity index (χ0v) is 12.4. The third-order valence-electron chi connectivity index (χ3n) is 3.19. The SMILES string of the molecule is O=C(NCc1cncc(-c2ccsc2)c1)c1cccc(F)c1. The van der Waals surface area contributed by atoms with Gasteiger partial charge in [0.1, 0.15) is 5.82 Å². The van der Waals surface area contributed by atoms with Gasteiger partial charge >= 0.3 is 0 Å². The first kappa shape index (κ1) is 14.4. The smallest absolute Gasteiger partial charge is 0.251 e. The Morgan fingerprint density at radius 2 is 2.09 bits per heavy atom. The van der Waals surface area contributed by atoms with Crippen LogP contribution in [0.5, 0.6) is 0 Å². The van der Waals surface area contributed by atoms with Crippen molar-refractivity contribution in [1.29, 1.82) is 0 Å². The lowest BCUT2D eigenvalue weighted by Crippen LogP contribution is -2.22. The molecule has 0 fully saturated rings. The average molecular weight is 312 g/mol. The van der Waals surface area contributed by atoms with Crippen LogP contribution in [0.1, 0.15) is 15.9 Å². The number of aromatic nitrogens is 1. The molecule has 0 spiro atoms. The number of carbonyl (C=O) groups is 1. The van der Waals surface area contributed by atoms with Crippen molar-refractivity contribution in [2.45, 2.75) is 6.54 Å². The van der Waals surface area contributed by atoms with Gasteiger partial charge in [0.15, 0.2) is 0 Å². The third-order valence-corrected chi connectivity index (χ3v) is 3.87. The topological polar surface area (TPSA) is 42.0 Å². The number of nitrogens with one attached hydrogen (secondary N) is 1. The van der Waals surface area contributed by atoms with Gasteiger partial charge in [-0.1, -0.05) is 6.07 Å². The number of halogens is 1. The van der Waals surface area contributed by atoms with Gasteiger partial charge in [0, 0.05) is 30.1 Å². The van der Waals surface area contributed by atoms with Crippen LogP contribution in [0.3, 0.4) is 0 Å². The van der Waals surface area contributed by atoms with Crippen LogP contribution in [0.25, 0.3) is 11.1 Å². The summed E-state index contributed by atoms with van der Waals surface area (Å²) in [6.45, 7) is 0.348. The Balaban J connectivity index is 1.69. The molecule has 0 unspecified atom stereocenters. The molecule has 22 heavy (non-hydrogen) atoms. The summed E-state index contributed by atoms with van der Waals surface area (Å²) in [5.74, 6) is -0.728. The monoisotopic (exact) mass is 312 g/mol. The Hall–Kier alpha value is -2.53. The molecular weight excluding hydrogens is 299 g/mol. The fourth-order valence-electron chi connectivity index (χ4n) is 2.08. The molecule has 3 rings (SSSR count). The van der Waals surface area contributed by atoms with E-state index in [-0.39, 0.29) is 5.91 Å². The van der Waals surface area contributed by atoms with Gasteiger partial charge in [0.25, 0.3) is 5.91 Å². The molecule has 3 aromatic rings. The van der Waals surface area contributed by atoms with Crippen molar-refractivity contribution in [3.05, 3.63) is 76.5 Å². The van der Waals surface area contributed by atoms with Gasteiger partial charge in [0.2, 0.25) is 0 Å². The predicted molar refractivity (Wildman–Crippen MR) is 85.1 cm³/mol. The highest BCUT2D eigenvalue weighted by atomic mass is 32.1. The van der Waals surface area contributed by atoms with Crippen LogP contribution in [0.2, 0.25) is 0 Å². The van der Waals surface area contributed by atoms with Crippen molar-refractivity contribution >= 4 is 17.2 Å². The van der Waals surface area contributed by atoms with E-state index < -0.39 is 5.82 Å². The fourth-order valence-corrected chi connectivity index (χ4v) is 2.75. The summed E-state index contributed by atoms with van der Waals surface area (Å²) in [5.41, 5.74) is 3.32. The molecule has 3 nitrogen and oxygen atoms in total. The number of pyridine rings is 1. The maximum atomic E-state index is 13.1. The summed E-state index contributed by atoms with van der Waals surface area (Å²) >= 11 is 1.62. The first-order chi connectivity index (χ1) is 10.7. The van der Waals surface area contributed by atoms with E-state index in [2.05, 4.69) is 10.3 Å². The average Bonchev–Trinajstić information content (AvgIpc) is 3.07. The van der Waals surface area contributed by atoms with E-state index in [1.807, 2.05) is 22.9 Å². The molecule has 0 aliphatic heterocycles. The number of benzene rings is 1. The molecule has 1 amide bonds. The van der Waals surface area contributed by atoms with Gasteiger partial charge in [-0.3, -0.25) is 9.78 Å². The number of carbonyl (C=O) groups excluding carboxylic acids is 1. The van der Waals surface area contributed by atoms with Crippen molar-refractivity contribution in [3.63, 3.8) is 0 Å². The maximum Gasteiger partial charge on any atom is 0.251 e. The molecule has 1 aromatic carbocycles. The van der Waals surface area contributed by atoms with Crippen LogP contribution in [0, 0.1) is 5.82 Å². The van der Waals surface area contributed by atoms with E-state index in [1.54, 1.807) is 29.8 Å². The van der Waals surface area contributed by atoms with Gasteiger partial charge in [-0.2, -0.15) is 11.3 Å². The second-order valence-electron chi connectivity index (χ2n) is 4.79. The number of hydrogen-bond donors (Lipinski definition) is 1. The summed E-state index contributed by atoms with van der Waals surface area (Å²) < 4.78 is 13.1. The lowest BCUT2D eigenvalue weighted by atomic mass is 10.1. The van der Waals surface area contributed by atoms with Gasteiger partial charge in [-0.25, -0.2) is 4.39 Å². The summed E-state index contributed by atoms with van der Waals surface area (Å²) in [6.07, 6.45) is 3.50. The number of amides is 1. The lowest BCUT2D eigenvalue weighted by molar-refractivity contribution is 0.0950. The molecular formula is C17H13FN2OS. The molecule has 0 saturated heterocycles. The predicted octanol–water partition coefficient (Wildman–Crippen LogP) is 3.88. The van der Waals surface area contributed by atoms with Crippen LogP contribution in [0.4, 0.5) is 4.39 Å². The molecule has 0 atom stereocenters. The first-order valence-electron chi connectivity index (χ1n) is 6.72. The Bertz CT molecular complexity index is 787. The Morgan fingerprint density at radius 1 is 1.18 bits per heavy atom. The summed E-state index contributed by atoms with van der Waals surface area (Å²) in [6, 6.07) is 9.64. The van der Waals surface area contributed by atoms with E-state index in [0.717, 1.165) is 16.7 Å². The highest BCUT2D eigenvalue weighted by Crippen LogP contribution is 2.21. The molecule has 0 aliphatic carbocycles. The second-order valence-corrected chi connectivity index (χ2v) is 5.57. The molecule has 5 heteroatoms. The van der Waals surface area contributed by atoms with Crippen LogP contribution in [-0.4, -0.2) is 10.9 Å². The standard InChI is InChI=1S/C17H13FN2OS/c18-16-3-1-2-13(7-16)17(21)20-9-12-6-15(10-19-8-12)14-4-5-22-11-14/h1-8,10-11H,9H2,(H,20,21). The number of nitrogens with zero attached hydrogens (tertiary/aromatic N) is 1. The zero-order valence-electron chi connectivity index (χ0n) is 11.6. The highest BCUT2D eigenvalue weighted by Gasteiger charge is 2.07. The number of rotatable bonds is 4. The minimum atomic E-state index is -0.422. The summed E-state index contributed by atoms with van der Waals surface area (Å²) in [7, 11) is 0. The largest absolute Gasteiger partial charge is 0.348 e. The quantitative estimate of drug-likeness (QED) is 0.794. The lowest BCUT2D eigenvalue weighted by Gasteiger charge is -2.06. The molecule has 0 saturated carbocycles. The molecule has 110 valence electrons. The van der Waals surface area contributed by atoms with Crippen LogP contribution in [-0.2, 0) is 6.54 Å². The van der Waals surface area contributed by atoms with E-state index in [9.17, 15) is 9.18 Å². The highest BCUT2D eigenvalue weighted by molar-refractivity contribution is 7.08. The van der Waals surface area contributed by atoms with Crippen LogP contribution >= 0.6 is 11.3 Å². The molecule has 0 radical (unpaired) electrons. The first-order valence-corrected chi connectivity index (χ1v) is 7.67. The van der Waals surface area contributed by atoms with Gasteiger partial charge < -0.3 is 5.32 Å². The molecule has 0 bridgehead atoms. The molecule has 0 aliphatic rings. The maximum absolute atomic E-state index is 13.1. The fraction of sp³-hybridized carbons (Fsp3) is 0.0588. The van der Waals surface area contributed by atoms with Crippen molar-refractivity contribution in [1.82, 2.24) is 10.3 Å². The van der Waals surface area contributed by atoms with Gasteiger partial charge in [-0.15, -0.1) is 0 Å². The van der Waals surface area contributed by atoms with Gasteiger partial charge in [0.05, 0.1) is 0 Å². The number of hydrogen-bond acceptors (Lipinski definition) is 3. The number of thiophene rings is 1. The molecule has 2 heterocycles. The minimum absolute atomic E-state index is 0.305. The van der Waals surface area contributed by atoms with E-state index in [0.29, 0.717) is 12.1 Å². The van der Waals surface area contributed by atoms with Crippen molar-refractivity contribution in [3.8, 4) is 11.1 Å². The zero-order chi connectivity index (χ0) is 15.4. The minimum Gasteiger partial charge on any atom is -0.348 e. The van der Waals surface area contributed by atoms with Crippen molar-refractivity contribution in [2.75, 3.05) is 0 Å². The van der Waals surface area contributed by atoms with Gasteiger partial charge in [-0.05, 0) is 52.2 Å². The van der Waals surface area contributed by atoms with Crippen LogP contribution < -0.4 is 5.32 Å². The van der Waals surface area contributed by atoms with E-state index in [1.165, 1.54) is 18.2 Å². The third kappa shape index (κ3) is 3.38. The normalized spacial score (nSPS) is 10.4. The Kier molecular flexibility index (Phi) is 4.25. The summed E-state index contributed by atoms with van der Waals surface area (Å²) in [5, 5.41) is 6.83. The van der Waals surface area contributed by atoms with Crippen molar-refractivity contribution < 1.29 is 9.18 Å². The molecule has 2 aromatic heterocycles. The Labute approximate surface area is 131 Å². The summed E-state index contributed by atoms with van der Waals surface area (Å²) in [4.78, 5) is 16.2. The Morgan fingerprint density at radius 3 is 2.86 bits per heavy atom.